The summed E-state index contributed by atoms with van der Waals surface area (Å²) >= 11 is 4.89. The summed E-state index contributed by atoms with van der Waals surface area (Å²) in [5, 5.41) is 5.63. The average molecular weight is 354 g/mol. The predicted octanol–water partition coefficient (Wildman–Crippen LogP) is 3.20. The highest BCUT2D eigenvalue weighted by Crippen LogP contribution is 2.25. The average Bonchev–Trinajstić information content (AvgIpc) is 2.88. The van der Waals surface area contributed by atoms with Gasteiger partial charge >= 0.3 is 6.03 Å². The minimum atomic E-state index is -0.0904. The summed E-state index contributed by atoms with van der Waals surface area (Å²) in [6.07, 6.45) is 1.68. The van der Waals surface area contributed by atoms with Gasteiger partial charge in [-0.1, -0.05) is 0 Å². The van der Waals surface area contributed by atoms with Crippen molar-refractivity contribution < 1.29 is 9.53 Å². The predicted molar refractivity (Wildman–Crippen MR) is 81.3 cm³/mol. The zero-order valence-electron chi connectivity index (χ0n) is 10.5. The van der Waals surface area contributed by atoms with Crippen LogP contribution in [0.15, 0.2) is 40.3 Å². The second-order valence-corrected chi connectivity index (χ2v) is 6.14. The number of carbonyl (C=O) groups is 1. The van der Waals surface area contributed by atoms with E-state index < -0.39 is 0 Å². The first-order valence-corrected chi connectivity index (χ1v) is 7.76. The van der Waals surface area contributed by atoms with Crippen molar-refractivity contribution in [2.24, 2.45) is 0 Å². The normalized spacial score (nSPS) is 14.8. The van der Waals surface area contributed by atoms with Crippen LogP contribution in [-0.2, 0) is 0 Å². The van der Waals surface area contributed by atoms with E-state index >= 15 is 0 Å². The van der Waals surface area contributed by atoms with E-state index in [9.17, 15) is 4.79 Å². The second kappa shape index (κ2) is 5.80. The molecule has 104 valence electrons. The lowest BCUT2D eigenvalue weighted by Gasteiger charge is -2.38. The minimum Gasteiger partial charge on any atom is -0.470 e. The smallest absolute Gasteiger partial charge is 0.322 e. The van der Waals surface area contributed by atoms with Crippen LogP contribution in [0, 0.1) is 0 Å². The summed E-state index contributed by atoms with van der Waals surface area (Å²) in [5.41, 5.74) is 0. The van der Waals surface area contributed by atoms with Crippen molar-refractivity contribution >= 4 is 38.3 Å². The SMILES string of the molecule is O=C(Nc1cccs1)N1CC(Oc2ncccc2Br)C1. The van der Waals surface area contributed by atoms with Gasteiger partial charge in [-0.25, -0.2) is 9.78 Å². The summed E-state index contributed by atoms with van der Waals surface area (Å²) in [6.45, 7) is 1.14. The number of ether oxygens (including phenoxy) is 1. The van der Waals surface area contributed by atoms with Crippen molar-refractivity contribution in [1.29, 1.82) is 0 Å². The molecule has 2 amide bonds. The molecule has 2 aromatic rings. The zero-order chi connectivity index (χ0) is 13.9. The molecule has 2 aromatic heterocycles. The van der Waals surface area contributed by atoms with Gasteiger partial charge in [0.25, 0.3) is 0 Å². The Morgan fingerprint density at radius 1 is 1.45 bits per heavy atom. The van der Waals surface area contributed by atoms with Crippen molar-refractivity contribution in [3.63, 3.8) is 0 Å². The number of likely N-dealkylation sites (tertiary alicyclic amines) is 1. The molecule has 0 bridgehead atoms. The van der Waals surface area contributed by atoms with Crippen LogP contribution in [0.2, 0.25) is 0 Å². The van der Waals surface area contributed by atoms with E-state index in [1.807, 2.05) is 29.6 Å². The Hall–Kier alpha value is -1.60. The van der Waals surface area contributed by atoms with E-state index in [0.29, 0.717) is 19.0 Å². The number of hydrogen-bond acceptors (Lipinski definition) is 4. The van der Waals surface area contributed by atoms with Crippen molar-refractivity contribution in [2.45, 2.75) is 6.10 Å². The first-order valence-electron chi connectivity index (χ1n) is 6.09. The monoisotopic (exact) mass is 353 g/mol. The molecule has 5 nitrogen and oxygen atoms in total. The summed E-state index contributed by atoms with van der Waals surface area (Å²) in [6, 6.07) is 7.40. The second-order valence-electron chi connectivity index (χ2n) is 4.34. The molecule has 7 heteroatoms. The van der Waals surface area contributed by atoms with Gasteiger partial charge in [0.2, 0.25) is 5.88 Å². The molecule has 3 rings (SSSR count). The fourth-order valence-corrected chi connectivity index (χ4v) is 2.78. The number of nitrogens with zero attached hydrogens (tertiary/aromatic N) is 2. The van der Waals surface area contributed by atoms with Crippen molar-refractivity contribution in [2.75, 3.05) is 18.4 Å². The van der Waals surface area contributed by atoms with Crippen molar-refractivity contribution in [1.82, 2.24) is 9.88 Å². The topological polar surface area (TPSA) is 54.5 Å². The maximum atomic E-state index is 11.9. The molecule has 0 spiro atoms. The van der Waals surface area contributed by atoms with E-state index in [2.05, 4.69) is 26.2 Å². The maximum absolute atomic E-state index is 11.9. The molecule has 0 unspecified atom stereocenters. The third kappa shape index (κ3) is 2.94. The Morgan fingerprint density at radius 3 is 3.00 bits per heavy atom. The van der Waals surface area contributed by atoms with Gasteiger partial charge in [-0.3, -0.25) is 5.32 Å². The van der Waals surface area contributed by atoms with Crippen molar-refractivity contribution in [3.05, 3.63) is 40.3 Å². The van der Waals surface area contributed by atoms with Gasteiger partial charge in [0.15, 0.2) is 0 Å². The quantitative estimate of drug-likeness (QED) is 0.921. The minimum absolute atomic E-state index is 0.00437. The Balaban J connectivity index is 1.49. The number of carbonyl (C=O) groups excluding carboxylic acids is 1. The molecule has 0 radical (unpaired) electrons. The molecule has 0 saturated carbocycles. The van der Waals surface area contributed by atoms with Crippen LogP contribution in [0.3, 0.4) is 0 Å². The fourth-order valence-electron chi connectivity index (χ4n) is 1.83. The van der Waals surface area contributed by atoms with E-state index in [1.54, 1.807) is 11.1 Å². The number of nitrogens with one attached hydrogen (secondary N) is 1. The van der Waals surface area contributed by atoms with Gasteiger partial charge in [0.1, 0.15) is 6.10 Å². The Labute approximate surface area is 128 Å². The number of anilines is 1. The molecule has 20 heavy (non-hydrogen) atoms. The molecule has 0 atom stereocenters. The van der Waals surface area contributed by atoms with Gasteiger partial charge < -0.3 is 9.64 Å². The Bertz CT molecular complexity index is 599. The lowest BCUT2D eigenvalue weighted by Crippen LogP contribution is -2.57. The van der Waals surface area contributed by atoms with Gasteiger partial charge in [-0.05, 0) is 45.6 Å². The van der Waals surface area contributed by atoms with Crippen LogP contribution in [0.1, 0.15) is 0 Å². The number of amides is 2. The third-order valence-corrected chi connectivity index (χ3v) is 4.28. The number of thiophene rings is 1. The first kappa shape index (κ1) is 13.4. The lowest BCUT2D eigenvalue weighted by atomic mass is 10.2. The third-order valence-electron chi connectivity index (χ3n) is 2.89. The van der Waals surface area contributed by atoms with E-state index in [0.717, 1.165) is 9.47 Å². The highest BCUT2D eigenvalue weighted by atomic mass is 79.9. The van der Waals surface area contributed by atoms with Gasteiger partial charge in [-0.15, -0.1) is 11.3 Å². The Kier molecular flexibility index (Phi) is 3.88. The van der Waals surface area contributed by atoms with Gasteiger partial charge in [0.05, 0.1) is 22.6 Å². The molecule has 1 aliphatic heterocycles. The number of rotatable bonds is 3. The molecule has 1 saturated heterocycles. The molecule has 3 heterocycles. The van der Waals surface area contributed by atoms with Gasteiger partial charge in [0, 0.05) is 6.20 Å². The molecule has 0 aliphatic carbocycles. The summed E-state index contributed by atoms with van der Waals surface area (Å²) < 4.78 is 6.54. The number of aromatic nitrogens is 1. The molecule has 0 aromatic carbocycles. The standard InChI is InChI=1S/C13H12BrN3O2S/c14-10-3-1-5-15-12(10)19-9-7-17(8-9)13(18)16-11-4-2-6-20-11/h1-6,9H,7-8H2,(H,16,18). The maximum Gasteiger partial charge on any atom is 0.322 e. The molecule has 1 aliphatic rings. The van der Waals surface area contributed by atoms with Crippen LogP contribution >= 0.6 is 27.3 Å². The van der Waals surface area contributed by atoms with Crippen LogP contribution in [0.25, 0.3) is 0 Å². The summed E-state index contributed by atoms with van der Waals surface area (Å²) in [5.74, 6) is 0.566. The number of pyridine rings is 1. The number of hydrogen-bond donors (Lipinski definition) is 1. The zero-order valence-corrected chi connectivity index (χ0v) is 12.9. The fraction of sp³-hybridized carbons (Fsp3) is 0.231. The molecular weight excluding hydrogens is 342 g/mol. The summed E-state index contributed by atoms with van der Waals surface area (Å²) in [4.78, 5) is 17.8. The number of urea groups is 1. The highest BCUT2D eigenvalue weighted by molar-refractivity contribution is 9.10. The van der Waals surface area contributed by atoms with E-state index in [4.69, 9.17) is 4.74 Å². The van der Waals surface area contributed by atoms with E-state index in [-0.39, 0.29) is 12.1 Å². The van der Waals surface area contributed by atoms with E-state index in [1.165, 1.54) is 11.3 Å². The van der Waals surface area contributed by atoms with Crippen LogP contribution < -0.4 is 10.1 Å². The first-order chi connectivity index (χ1) is 9.72. The summed E-state index contributed by atoms with van der Waals surface area (Å²) in [7, 11) is 0. The van der Waals surface area contributed by atoms with Crippen molar-refractivity contribution in [3.8, 4) is 5.88 Å². The van der Waals surface area contributed by atoms with Crippen LogP contribution in [-0.4, -0.2) is 35.1 Å². The largest absolute Gasteiger partial charge is 0.470 e. The van der Waals surface area contributed by atoms with Crippen LogP contribution in [0.5, 0.6) is 5.88 Å². The highest BCUT2D eigenvalue weighted by Gasteiger charge is 2.33. The lowest BCUT2D eigenvalue weighted by molar-refractivity contribution is 0.0455. The van der Waals surface area contributed by atoms with Crippen LogP contribution in [0.4, 0.5) is 9.80 Å². The number of halogens is 1. The molecule has 1 N–H and O–H groups in total. The molecular formula is C13H12BrN3O2S. The molecule has 1 fully saturated rings. The Morgan fingerprint density at radius 2 is 2.30 bits per heavy atom. The van der Waals surface area contributed by atoms with Gasteiger partial charge in [-0.2, -0.15) is 0 Å².